The molecule has 0 radical (unpaired) electrons. The van der Waals surface area contributed by atoms with Crippen molar-refractivity contribution >= 4 is 0 Å². The summed E-state index contributed by atoms with van der Waals surface area (Å²) >= 11 is 0. The fourth-order valence-electron chi connectivity index (χ4n) is 3.02. The molecular weight excluding hydrogens is 248 g/mol. The van der Waals surface area contributed by atoms with Crippen LogP contribution in [0.3, 0.4) is 0 Å². The summed E-state index contributed by atoms with van der Waals surface area (Å²) in [5.74, 6) is 1.71. The number of benzene rings is 1. The van der Waals surface area contributed by atoms with E-state index in [1.807, 2.05) is 0 Å². The zero-order chi connectivity index (χ0) is 14.4. The molecule has 1 aliphatic rings. The van der Waals surface area contributed by atoms with Crippen molar-refractivity contribution in [2.24, 2.45) is 0 Å². The van der Waals surface area contributed by atoms with Crippen molar-refractivity contribution in [1.82, 2.24) is 10.2 Å². The Bertz CT molecular complexity index is 406. The minimum Gasteiger partial charge on any atom is -0.493 e. The Morgan fingerprint density at radius 3 is 2.90 bits per heavy atom. The molecule has 1 N–H and O–H groups in total. The summed E-state index contributed by atoms with van der Waals surface area (Å²) in [4.78, 5) is 2.28. The summed E-state index contributed by atoms with van der Waals surface area (Å²) < 4.78 is 5.77. The van der Waals surface area contributed by atoms with Gasteiger partial charge < -0.3 is 15.0 Å². The first-order valence-corrected chi connectivity index (χ1v) is 7.80. The molecule has 3 nitrogen and oxygen atoms in total. The number of para-hydroxylation sites is 1. The highest BCUT2D eigenvalue weighted by molar-refractivity contribution is 5.37. The van der Waals surface area contributed by atoms with Crippen molar-refractivity contribution in [2.75, 3.05) is 33.8 Å². The quantitative estimate of drug-likeness (QED) is 0.829. The molecule has 0 fully saturated rings. The van der Waals surface area contributed by atoms with Crippen molar-refractivity contribution in [3.05, 3.63) is 29.8 Å². The van der Waals surface area contributed by atoms with Crippen LogP contribution in [0.2, 0.25) is 0 Å². The Kier molecular flexibility index (Phi) is 5.86. The van der Waals surface area contributed by atoms with Gasteiger partial charge in [-0.3, -0.25) is 0 Å². The number of fused-ring (bicyclic) bond motifs is 1. The van der Waals surface area contributed by atoms with Gasteiger partial charge in [0.1, 0.15) is 5.75 Å². The van der Waals surface area contributed by atoms with Gasteiger partial charge in [0.15, 0.2) is 0 Å². The Labute approximate surface area is 123 Å². The van der Waals surface area contributed by atoms with Crippen molar-refractivity contribution in [1.29, 1.82) is 0 Å². The monoisotopic (exact) mass is 276 g/mol. The molecule has 0 bridgehead atoms. The van der Waals surface area contributed by atoms with Crippen LogP contribution in [0.25, 0.3) is 0 Å². The molecule has 0 amide bonds. The standard InChI is InChI=1S/C17H28N2O/c1-4-10-18-15(13-19(2)3)12-14-9-11-20-17-8-6-5-7-16(14)17/h5-8,14-15,18H,4,9-13H2,1-3H3. The largest absolute Gasteiger partial charge is 0.493 e. The van der Waals surface area contributed by atoms with Crippen LogP contribution in [-0.4, -0.2) is 44.7 Å². The third-order valence-corrected chi connectivity index (χ3v) is 3.92. The Balaban J connectivity index is 2.03. The maximum absolute atomic E-state index is 5.77. The van der Waals surface area contributed by atoms with Crippen molar-refractivity contribution in [3.63, 3.8) is 0 Å². The minimum absolute atomic E-state index is 0.557. The molecule has 2 rings (SSSR count). The molecule has 0 spiro atoms. The van der Waals surface area contributed by atoms with Crippen LogP contribution in [0, 0.1) is 0 Å². The number of nitrogens with zero attached hydrogens (tertiary/aromatic N) is 1. The van der Waals surface area contributed by atoms with Crippen LogP contribution in [0.4, 0.5) is 0 Å². The van der Waals surface area contributed by atoms with E-state index in [1.54, 1.807) is 0 Å². The van der Waals surface area contributed by atoms with Gasteiger partial charge in [0.25, 0.3) is 0 Å². The van der Waals surface area contributed by atoms with Gasteiger partial charge in [0, 0.05) is 12.6 Å². The highest BCUT2D eigenvalue weighted by Gasteiger charge is 2.24. The van der Waals surface area contributed by atoms with Gasteiger partial charge >= 0.3 is 0 Å². The second-order valence-electron chi connectivity index (χ2n) is 6.02. The van der Waals surface area contributed by atoms with E-state index in [9.17, 15) is 0 Å². The van der Waals surface area contributed by atoms with Crippen LogP contribution in [0.1, 0.15) is 37.7 Å². The molecule has 1 heterocycles. The van der Waals surface area contributed by atoms with E-state index in [0.717, 1.165) is 31.9 Å². The highest BCUT2D eigenvalue weighted by atomic mass is 16.5. The summed E-state index contributed by atoms with van der Waals surface area (Å²) in [6, 6.07) is 9.07. The first kappa shape index (κ1) is 15.3. The summed E-state index contributed by atoms with van der Waals surface area (Å²) in [7, 11) is 4.30. The summed E-state index contributed by atoms with van der Waals surface area (Å²) in [5, 5.41) is 3.70. The number of nitrogens with one attached hydrogen (secondary N) is 1. The smallest absolute Gasteiger partial charge is 0.122 e. The average molecular weight is 276 g/mol. The maximum Gasteiger partial charge on any atom is 0.122 e. The van der Waals surface area contributed by atoms with Crippen LogP contribution in [0.15, 0.2) is 24.3 Å². The average Bonchev–Trinajstić information content (AvgIpc) is 2.44. The molecule has 2 atom stereocenters. The number of hydrogen-bond acceptors (Lipinski definition) is 3. The Morgan fingerprint density at radius 2 is 2.15 bits per heavy atom. The summed E-state index contributed by atoms with van der Waals surface area (Å²) in [5.41, 5.74) is 1.39. The number of rotatable bonds is 7. The van der Waals surface area contributed by atoms with E-state index < -0.39 is 0 Å². The first-order chi connectivity index (χ1) is 9.70. The molecule has 0 aromatic heterocycles. The van der Waals surface area contributed by atoms with E-state index in [4.69, 9.17) is 4.74 Å². The molecular formula is C17H28N2O. The van der Waals surface area contributed by atoms with E-state index in [-0.39, 0.29) is 0 Å². The molecule has 0 saturated carbocycles. The fraction of sp³-hybridized carbons (Fsp3) is 0.647. The third-order valence-electron chi connectivity index (χ3n) is 3.92. The highest BCUT2D eigenvalue weighted by Crippen LogP contribution is 2.36. The molecule has 1 aliphatic heterocycles. The van der Waals surface area contributed by atoms with E-state index in [0.29, 0.717) is 12.0 Å². The van der Waals surface area contributed by atoms with E-state index in [2.05, 4.69) is 55.5 Å². The van der Waals surface area contributed by atoms with Gasteiger partial charge in [-0.15, -0.1) is 0 Å². The van der Waals surface area contributed by atoms with Crippen LogP contribution in [0.5, 0.6) is 5.75 Å². The third kappa shape index (κ3) is 4.22. The van der Waals surface area contributed by atoms with Gasteiger partial charge in [-0.1, -0.05) is 25.1 Å². The zero-order valence-electron chi connectivity index (χ0n) is 13.1. The number of likely N-dealkylation sites (N-methyl/N-ethyl adjacent to an activating group) is 1. The summed E-state index contributed by atoms with van der Waals surface area (Å²) in [6.07, 6.45) is 3.52. The Morgan fingerprint density at radius 1 is 1.35 bits per heavy atom. The molecule has 0 saturated heterocycles. The lowest BCUT2D eigenvalue weighted by atomic mass is 9.87. The van der Waals surface area contributed by atoms with Crippen LogP contribution in [-0.2, 0) is 0 Å². The summed E-state index contributed by atoms with van der Waals surface area (Å²) in [6.45, 7) is 5.27. The molecule has 20 heavy (non-hydrogen) atoms. The van der Waals surface area contributed by atoms with Crippen molar-refractivity contribution < 1.29 is 4.74 Å². The predicted octanol–water partition coefficient (Wildman–Crippen LogP) is 2.87. The second-order valence-corrected chi connectivity index (χ2v) is 6.02. The molecule has 3 heteroatoms. The van der Waals surface area contributed by atoms with E-state index >= 15 is 0 Å². The normalized spacial score (nSPS) is 19.5. The second kappa shape index (κ2) is 7.65. The lowest BCUT2D eigenvalue weighted by Crippen LogP contribution is -2.40. The fourth-order valence-corrected chi connectivity index (χ4v) is 3.02. The first-order valence-electron chi connectivity index (χ1n) is 7.80. The van der Waals surface area contributed by atoms with E-state index in [1.165, 1.54) is 18.4 Å². The topological polar surface area (TPSA) is 24.5 Å². The molecule has 1 aromatic rings. The number of hydrogen-bond donors (Lipinski definition) is 1. The predicted molar refractivity (Wildman–Crippen MR) is 84.5 cm³/mol. The zero-order valence-corrected chi connectivity index (χ0v) is 13.1. The van der Waals surface area contributed by atoms with Crippen LogP contribution < -0.4 is 10.1 Å². The van der Waals surface area contributed by atoms with Gasteiger partial charge in [0.2, 0.25) is 0 Å². The van der Waals surface area contributed by atoms with Crippen molar-refractivity contribution in [3.8, 4) is 5.75 Å². The minimum atomic E-state index is 0.557. The lowest BCUT2D eigenvalue weighted by Gasteiger charge is -2.30. The lowest BCUT2D eigenvalue weighted by molar-refractivity contribution is 0.244. The van der Waals surface area contributed by atoms with Gasteiger partial charge in [0.05, 0.1) is 6.61 Å². The number of ether oxygens (including phenoxy) is 1. The van der Waals surface area contributed by atoms with Gasteiger partial charge in [-0.05, 0) is 57.5 Å². The molecule has 112 valence electrons. The molecule has 0 aliphatic carbocycles. The van der Waals surface area contributed by atoms with Gasteiger partial charge in [-0.25, -0.2) is 0 Å². The van der Waals surface area contributed by atoms with Crippen LogP contribution >= 0.6 is 0 Å². The van der Waals surface area contributed by atoms with Crippen molar-refractivity contribution in [2.45, 2.75) is 38.1 Å². The maximum atomic E-state index is 5.77. The van der Waals surface area contributed by atoms with Gasteiger partial charge in [-0.2, -0.15) is 0 Å². The molecule has 2 unspecified atom stereocenters. The SMILES string of the molecule is CCCNC(CC1CCOc2ccccc21)CN(C)C. The Hall–Kier alpha value is -1.06. The molecule has 1 aromatic carbocycles.